The van der Waals surface area contributed by atoms with E-state index in [9.17, 15) is 4.79 Å². The summed E-state index contributed by atoms with van der Waals surface area (Å²) < 4.78 is 5.36. The van der Waals surface area contributed by atoms with Gasteiger partial charge in [-0.05, 0) is 50.1 Å². The number of carbonyl (C=O) groups excluding carboxylic acids is 1. The Morgan fingerprint density at radius 2 is 1.95 bits per heavy atom. The summed E-state index contributed by atoms with van der Waals surface area (Å²) in [5.41, 5.74) is 0.744. The van der Waals surface area contributed by atoms with Gasteiger partial charge < -0.3 is 9.64 Å². The number of benzene rings is 1. The van der Waals surface area contributed by atoms with E-state index in [4.69, 9.17) is 16.3 Å². The van der Waals surface area contributed by atoms with Gasteiger partial charge in [0.1, 0.15) is 0 Å². The lowest BCUT2D eigenvalue weighted by Crippen LogP contribution is -2.31. The van der Waals surface area contributed by atoms with Gasteiger partial charge in [0.25, 0.3) is 0 Å². The van der Waals surface area contributed by atoms with Crippen LogP contribution in [0.1, 0.15) is 29.6 Å². The molecule has 0 N–H and O–H groups in total. The molecule has 1 fully saturated rings. The van der Waals surface area contributed by atoms with Crippen LogP contribution in [0, 0.1) is 5.92 Å². The van der Waals surface area contributed by atoms with Crippen molar-refractivity contribution >= 4 is 17.4 Å². The van der Waals surface area contributed by atoms with Crippen LogP contribution in [0.2, 0.25) is 5.02 Å². The van der Waals surface area contributed by atoms with Gasteiger partial charge in [-0.2, -0.15) is 0 Å². The van der Waals surface area contributed by atoms with Crippen LogP contribution < -0.4 is 0 Å². The molecule has 1 aromatic carbocycles. The number of hydrogen-bond acceptors (Lipinski definition) is 3. The topological polar surface area (TPSA) is 29.5 Å². The Kier molecular flexibility index (Phi) is 6.02. The van der Waals surface area contributed by atoms with Crippen molar-refractivity contribution in [2.45, 2.75) is 19.3 Å². The Morgan fingerprint density at radius 3 is 2.60 bits per heavy atom. The standard InChI is InChI=1S/C16H22ClNO2/c1-18(12-13-7-10-20-11-8-13)9-6-16(19)14-2-4-15(17)5-3-14/h2-5,13H,6-12H2,1H3. The number of hydrogen-bond donors (Lipinski definition) is 0. The quantitative estimate of drug-likeness (QED) is 0.754. The molecule has 0 aliphatic carbocycles. The number of nitrogens with zero attached hydrogens (tertiary/aromatic N) is 1. The van der Waals surface area contributed by atoms with E-state index >= 15 is 0 Å². The molecule has 0 unspecified atom stereocenters. The summed E-state index contributed by atoms with van der Waals surface area (Å²) >= 11 is 5.82. The Balaban J connectivity index is 1.73. The molecule has 0 spiro atoms. The van der Waals surface area contributed by atoms with E-state index in [0.29, 0.717) is 17.4 Å². The van der Waals surface area contributed by atoms with Crippen LogP contribution in [-0.2, 0) is 4.74 Å². The van der Waals surface area contributed by atoms with Gasteiger partial charge in [-0.1, -0.05) is 11.6 Å². The van der Waals surface area contributed by atoms with Crippen LogP contribution in [0.5, 0.6) is 0 Å². The molecule has 110 valence electrons. The molecular weight excluding hydrogens is 274 g/mol. The van der Waals surface area contributed by atoms with Crippen molar-refractivity contribution in [3.05, 3.63) is 34.9 Å². The lowest BCUT2D eigenvalue weighted by molar-refractivity contribution is 0.0553. The zero-order valence-electron chi connectivity index (χ0n) is 12.0. The van der Waals surface area contributed by atoms with Crippen molar-refractivity contribution < 1.29 is 9.53 Å². The molecule has 20 heavy (non-hydrogen) atoms. The fraction of sp³-hybridized carbons (Fsp3) is 0.562. The van der Waals surface area contributed by atoms with Crippen molar-refractivity contribution in [3.8, 4) is 0 Å². The summed E-state index contributed by atoms with van der Waals surface area (Å²) in [4.78, 5) is 14.3. The van der Waals surface area contributed by atoms with Gasteiger partial charge in [0.15, 0.2) is 5.78 Å². The van der Waals surface area contributed by atoms with Gasteiger partial charge >= 0.3 is 0 Å². The van der Waals surface area contributed by atoms with Gasteiger partial charge in [-0.15, -0.1) is 0 Å². The highest BCUT2D eigenvalue weighted by Gasteiger charge is 2.16. The third-order valence-electron chi connectivity index (χ3n) is 3.80. The Morgan fingerprint density at radius 1 is 1.30 bits per heavy atom. The minimum absolute atomic E-state index is 0.181. The first-order valence-electron chi connectivity index (χ1n) is 7.20. The third-order valence-corrected chi connectivity index (χ3v) is 4.05. The highest BCUT2D eigenvalue weighted by Crippen LogP contribution is 2.16. The second kappa shape index (κ2) is 7.77. The fourth-order valence-electron chi connectivity index (χ4n) is 2.53. The molecule has 0 aromatic heterocycles. The summed E-state index contributed by atoms with van der Waals surface area (Å²) in [6.07, 6.45) is 2.83. The van der Waals surface area contributed by atoms with Crippen molar-refractivity contribution in [2.75, 3.05) is 33.4 Å². The Labute approximate surface area is 125 Å². The maximum absolute atomic E-state index is 12.1. The zero-order chi connectivity index (χ0) is 14.4. The average molecular weight is 296 g/mol. The van der Waals surface area contributed by atoms with Crippen molar-refractivity contribution in [3.63, 3.8) is 0 Å². The molecular formula is C16H22ClNO2. The summed E-state index contributed by atoms with van der Waals surface area (Å²) in [5, 5.41) is 0.665. The molecule has 0 radical (unpaired) electrons. The summed E-state index contributed by atoms with van der Waals surface area (Å²) in [6, 6.07) is 7.12. The number of ether oxygens (including phenoxy) is 1. The molecule has 0 atom stereocenters. The van der Waals surface area contributed by atoms with E-state index in [0.717, 1.165) is 44.7 Å². The molecule has 4 heteroatoms. The van der Waals surface area contributed by atoms with Crippen LogP contribution in [0.3, 0.4) is 0 Å². The van der Waals surface area contributed by atoms with Gasteiger partial charge in [0.2, 0.25) is 0 Å². The average Bonchev–Trinajstić information content (AvgIpc) is 2.46. The molecule has 1 aromatic rings. The molecule has 1 aliphatic rings. The largest absolute Gasteiger partial charge is 0.381 e. The number of carbonyl (C=O) groups is 1. The molecule has 1 saturated heterocycles. The van der Waals surface area contributed by atoms with Gasteiger partial charge in [-0.3, -0.25) is 4.79 Å². The maximum atomic E-state index is 12.1. The van der Waals surface area contributed by atoms with Crippen molar-refractivity contribution in [1.82, 2.24) is 4.90 Å². The second-order valence-corrected chi connectivity index (χ2v) is 5.93. The van der Waals surface area contributed by atoms with Crippen LogP contribution in [0.4, 0.5) is 0 Å². The molecule has 0 bridgehead atoms. The summed E-state index contributed by atoms with van der Waals surface area (Å²) in [5.74, 6) is 0.889. The first-order chi connectivity index (χ1) is 9.65. The minimum Gasteiger partial charge on any atom is -0.381 e. The number of Topliss-reactive ketones (excluding diaryl/α,β-unsaturated/α-hetero) is 1. The lowest BCUT2D eigenvalue weighted by atomic mass is 9.99. The molecule has 0 amide bonds. The van der Waals surface area contributed by atoms with E-state index in [-0.39, 0.29) is 5.78 Å². The molecule has 1 heterocycles. The van der Waals surface area contributed by atoms with E-state index in [1.807, 2.05) is 0 Å². The summed E-state index contributed by atoms with van der Waals surface area (Å²) in [6.45, 7) is 3.61. The highest BCUT2D eigenvalue weighted by atomic mass is 35.5. The molecule has 2 rings (SSSR count). The first kappa shape index (κ1) is 15.5. The SMILES string of the molecule is CN(CCC(=O)c1ccc(Cl)cc1)CC1CCOCC1. The van der Waals surface area contributed by atoms with Crippen molar-refractivity contribution in [2.24, 2.45) is 5.92 Å². The number of rotatable bonds is 6. The van der Waals surface area contributed by atoms with E-state index in [1.54, 1.807) is 24.3 Å². The molecule has 3 nitrogen and oxygen atoms in total. The van der Waals surface area contributed by atoms with E-state index < -0.39 is 0 Å². The highest BCUT2D eigenvalue weighted by molar-refractivity contribution is 6.30. The molecule has 1 aliphatic heterocycles. The summed E-state index contributed by atoms with van der Waals surface area (Å²) in [7, 11) is 2.09. The number of halogens is 1. The van der Waals surface area contributed by atoms with Gasteiger partial charge in [0, 0.05) is 43.3 Å². The predicted molar refractivity (Wildman–Crippen MR) is 81.4 cm³/mol. The van der Waals surface area contributed by atoms with E-state index in [1.165, 1.54) is 0 Å². The maximum Gasteiger partial charge on any atom is 0.164 e. The van der Waals surface area contributed by atoms with E-state index in [2.05, 4.69) is 11.9 Å². The normalized spacial score (nSPS) is 16.6. The predicted octanol–water partition coefficient (Wildman–Crippen LogP) is 3.27. The van der Waals surface area contributed by atoms with Gasteiger partial charge in [0.05, 0.1) is 0 Å². The minimum atomic E-state index is 0.181. The monoisotopic (exact) mass is 295 g/mol. The van der Waals surface area contributed by atoms with Crippen molar-refractivity contribution in [1.29, 1.82) is 0 Å². The zero-order valence-corrected chi connectivity index (χ0v) is 12.7. The third kappa shape index (κ3) is 4.89. The Hall–Kier alpha value is -0.900. The van der Waals surface area contributed by atoms with Crippen LogP contribution >= 0.6 is 11.6 Å². The smallest absolute Gasteiger partial charge is 0.164 e. The van der Waals surface area contributed by atoms with Crippen LogP contribution in [0.15, 0.2) is 24.3 Å². The molecule has 0 saturated carbocycles. The fourth-order valence-corrected chi connectivity index (χ4v) is 2.66. The van der Waals surface area contributed by atoms with Gasteiger partial charge in [-0.25, -0.2) is 0 Å². The first-order valence-corrected chi connectivity index (χ1v) is 7.58. The number of ketones is 1. The van der Waals surface area contributed by atoms with Crippen LogP contribution in [0.25, 0.3) is 0 Å². The second-order valence-electron chi connectivity index (χ2n) is 5.50. The Bertz CT molecular complexity index is 427. The lowest BCUT2D eigenvalue weighted by Gasteiger charge is -2.26. The van der Waals surface area contributed by atoms with Crippen LogP contribution in [-0.4, -0.2) is 44.0 Å².